The normalized spacial score (nSPS) is 20.8. The lowest BCUT2D eigenvalue weighted by atomic mass is 10.1. The predicted molar refractivity (Wildman–Crippen MR) is 67.1 cm³/mol. The minimum absolute atomic E-state index is 0.00315. The number of hydrogen-bond donors (Lipinski definition) is 1. The number of nitrogens with two attached hydrogens (primary N) is 1. The molecule has 2 N–H and O–H groups in total. The van der Waals surface area contributed by atoms with Gasteiger partial charge in [0, 0.05) is 12.2 Å². The lowest BCUT2D eigenvalue weighted by Gasteiger charge is -2.33. The summed E-state index contributed by atoms with van der Waals surface area (Å²) < 4.78 is 5.35. The highest BCUT2D eigenvalue weighted by molar-refractivity contribution is 5.95. The van der Waals surface area contributed by atoms with Crippen molar-refractivity contribution in [3.05, 3.63) is 29.3 Å². The molecule has 1 aromatic carbocycles. The number of carbonyl (C=O) groups is 1. The van der Waals surface area contributed by atoms with Crippen molar-refractivity contribution in [1.82, 2.24) is 0 Å². The summed E-state index contributed by atoms with van der Waals surface area (Å²) in [6, 6.07) is 6.11. The second kappa shape index (κ2) is 4.85. The summed E-state index contributed by atoms with van der Waals surface area (Å²) in [6.45, 7) is 5.13. The molecule has 1 saturated heterocycles. The first-order valence-electron chi connectivity index (χ1n) is 5.81. The van der Waals surface area contributed by atoms with Crippen molar-refractivity contribution in [2.24, 2.45) is 5.73 Å². The van der Waals surface area contributed by atoms with Gasteiger partial charge in [0.25, 0.3) is 5.91 Å². The predicted octanol–water partition coefficient (Wildman–Crippen LogP) is 0.994. The summed E-state index contributed by atoms with van der Waals surface area (Å²) in [5.74, 6) is 0.00315. The smallest absolute Gasteiger partial charge is 0.253 e. The molecule has 1 aliphatic rings. The minimum Gasteiger partial charge on any atom is -0.365 e. The summed E-state index contributed by atoms with van der Waals surface area (Å²) in [7, 11) is 0. The first kappa shape index (κ1) is 12.1. The third kappa shape index (κ3) is 2.48. The first-order chi connectivity index (χ1) is 8.11. The molecule has 92 valence electrons. The molecule has 1 heterocycles. The number of anilines is 1. The van der Waals surface area contributed by atoms with Crippen LogP contribution in [0.15, 0.2) is 18.2 Å². The number of carbonyl (C=O) groups excluding carboxylic acids is 1. The number of aryl methyl sites for hydroxylation is 2. The van der Waals surface area contributed by atoms with Crippen molar-refractivity contribution in [2.75, 3.05) is 24.6 Å². The van der Waals surface area contributed by atoms with Crippen LogP contribution in [0.1, 0.15) is 11.1 Å². The largest absolute Gasteiger partial charge is 0.365 e. The second-order valence-electron chi connectivity index (χ2n) is 4.46. The van der Waals surface area contributed by atoms with Crippen LogP contribution >= 0.6 is 0 Å². The Kier molecular flexibility index (Phi) is 3.45. The van der Waals surface area contributed by atoms with Gasteiger partial charge in [-0.2, -0.15) is 0 Å². The first-order valence-corrected chi connectivity index (χ1v) is 5.81. The Labute approximate surface area is 101 Å². The maximum atomic E-state index is 11.9. The van der Waals surface area contributed by atoms with Gasteiger partial charge in [0.2, 0.25) is 0 Å². The van der Waals surface area contributed by atoms with Gasteiger partial charge in [-0.3, -0.25) is 4.79 Å². The van der Waals surface area contributed by atoms with Crippen molar-refractivity contribution in [3.63, 3.8) is 0 Å². The molecule has 1 amide bonds. The van der Waals surface area contributed by atoms with E-state index in [-0.39, 0.29) is 18.6 Å². The molecule has 0 aliphatic carbocycles. The van der Waals surface area contributed by atoms with Crippen LogP contribution in [0.2, 0.25) is 0 Å². The van der Waals surface area contributed by atoms with Gasteiger partial charge in [0.1, 0.15) is 6.61 Å². The lowest BCUT2D eigenvalue weighted by Crippen LogP contribution is -2.49. The average molecular weight is 234 g/mol. The van der Waals surface area contributed by atoms with Crippen LogP contribution in [0.3, 0.4) is 0 Å². The summed E-state index contributed by atoms with van der Waals surface area (Å²) in [5.41, 5.74) is 8.81. The van der Waals surface area contributed by atoms with Crippen molar-refractivity contribution < 1.29 is 9.53 Å². The third-order valence-corrected chi connectivity index (χ3v) is 3.05. The summed E-state index contributed by atoms with van der Waals surface area (Å²) in [6.07, 6.45) is -0.0624. The highest BCUT2D eigenvalue weighted by Crippen LogP contribution is 2.24. The molecule has 0 saturated carbocycles. The summed E-state index contributed by atoms with van der Waals surface area (Å²) in [4.78, 5) is 13.7. The number of nitrogens with zero attached hydrogens (tertiary/aromatic N) is 1. The molecular formula is C13H18N2O2. The van der Waals surface area contributed by atoms with Crippen LogP contribution < -0.4 is 10.6 Å². The van der Waals surface area contributed by atoms with Gasteiger partial charge >= 0.3 is 0 Å². The minimum atomic E-state index is -0.0624. The summed E-state index contributed by atoms with van der Waals surface area (Å²) in [5, 5.41) is 0. The topological polar surface area (TPSA) is 55.6 Å². The van der Waals surface area contributed by atoms with Gasteiger partial charge in [0.05, 0.1) is 12.6 Å². The number of amides is 1. The Morgan fingerprint density at radius 1 is 1.47 bits per heavy atom. The fourth-order valence-electron chi connectivity index (χ4n) is 2.01. The molecule has 1 fully saturated rings. The highest BCUT2D eigenvalue weighted by Gasteiger charge is 2.27. The van der Waals surface area contributed by atoms with Crippen LogP contribution in [0.25, 0.3) is 0 Å². The van der Waals surface area contributed by atoms with Crippen molar-refractivity contribution >= 4 is 11.6 Å². The van der Waals surface area contributed by atoms with Crippen molar-refractivity contribution in [3.8, 4) is 0 Å². The highest BCUT2D eigenvalue weighted by atomic mass is 16.5. The fourth-order valence-corrected chi connectivity index (χ4v) is 2.01. The van der Waals surface area contributed by atoms with Crippen LogP contribution in [-0.2, 0) is 9.53 Å². The average Bonchev–Trinajstić information content (AvgIpc) is 2.33. The molecule has 0 aromatic heterocycles. The van der Waals surface area contributed by atoms with E-state index in [1.54, 1.807) is 4.90 Å². The van der Waals surface area contributed by atoms with E-state index in [2.05, 4.69) is 0 Å². The monoisotopic (exact) mass is 234 g/mol. The van der Waals surface area contributed by atoms with E-state index >= 15 is 0 Å². The lowest BCUT2D eigenvalue weighted by molar-refractivity contribution is -0.128. The molecule has 17 heavy (non-hydrogen) atoms. The Balaban J connectivity index is 2.30. The van der Waals surface area contributed by atoms with E-state index in [1.807, 2.05) is 32.0 Å². The van der Waals surface area contributed by atoms with Gasteiger partial charge in [-0.25, -0.2) is 0 Å². The molecule has 0 radical (unpaired) electrons. The number of hydrogen-bond acceptors (Lipinski definition) is 3. The van der Waals surface area contributed by atoms with Gasteiger partial charge in [-0.1, -0.05) is 12.1 Å². The van der Waals surface area contributed by atoms with Crippen LogP contribution in [0.5, 0.6) is 0 Å². The van der Waals surface area contributed by atoms with E-state index in [0.29, 0.717) is 13.1 Å². The van der Waals surface area contributed by atoms with Gasteiger partial charge < -0.3 is 15.4 Å². The second-order valence-corrected chi connectivity index (χ2v) is 4.46. The quantitative estimate of drug-likeness (QED) is 0.830. The molecule has 1 aromatic rings. The molecule has 0 spiro atoms. The van der Waals surface area contributed by atoms with Gasteiger partial charge in [-0.05, 0) is 31.0 Å². The molecule has 2 rings (SSSR count). The SMILES string of the molecule is Cc1ccc(C)c(N2CC(CN)OCC2=O)c1. The standard InChI is InChI=1S/C13H18N2O2/c1-9-3-4-10(2)12(5-9)15-7-11(6-14)17-8-13(15)16/h3-5,11H,6-8,14H2,1-2H3. The number of rotatable bonds is 2. The Morgan fingerprint density at radius 2 is 2.24 bits per heavy atom. The van der Waals surface area contributed by atoms with Gasteiger partial charge in [-0.15, -0.1) is 0 Å². The van der Waals surface area contributed by atoms with E-state index < -0.39 is 0 Å². The van der Waals surface area contributed by atoms with Crippen molar-refractivity contribution in [2.45, 2.75) is 20.0 Å². The zero-order valence-electron chi connectivity index (χ0n) is 10.3. The third-order valence-electron chi connectivity index (χ3n) is 3.05. The molecule has 1 atom stereocenters. The molecule has 1 aliphatic heterocycles. The maximum Gasteiger partial charge on any atom is 0.253 e. The number of morpholine rings is 1. The molecule has 4 heteroatoms. The fraction of sp³-hybridized carbons (Fsp3) is 0.462. The van der Waals surface area contributed by atoms with Gasteiger partial charge in [0.15, 0.2) is 0 Å². The zero-order chi connectivity index (χ0) is 12.4. The number of benzene rings is 1. The molecule has 1 unspecified atom stereocenters. The van der Waals surface area contributed by atoms with E-state index in [1.165, 1.54) is 0 Å². The van der Waals surface area contributed by atoms with E-state index in [9.17, 15) is 4.79 Å². The van der Waals surface area contributed by atoms with Crippen LogP contribution in [-0.4, -0.2) is 31.7 Å². The van der Waals surface area contributed by atoms with E-state index in [4.69, 9.17) is 10.5 Å². The molecular weight excluding hydrogens is 216 g/mol. The maximum absolute atomic E-state index is 11.9. The zero-order valence-corrected chi connectivity index (χ0v) is 10.3. The Morgan fingerprint density at radius 3 is 2.94 bits per heavy atom. The van der Waals surface area contributed by atoms with Crippen LogP contribution in [0.4, 0.5) is 5.69 Å². The number of ether oxygens (including phenoxy) is 1. The van der Waals surface area contributed by atoms with Crippen LogP contribution in [0, 0.1) is 13.8 Å². The Hall–Kier alpha value is -1.39. The van der Waals surface area contributed by atoms with E-state index in [0.717, 1.165) is 16.8 Å². The molecule has 4 nitrogen and oxygen atoms in total. The Bertz CT molecular complexity index is 431. The summed E-state index contributed by atoms with van der Waals surface area (Å²) >= 11 is 0. The molecule has 0 bridgehead atoms. The van der Waals surface area contributed by atoms with Crippen molar-refractivity contribution in [1.29, 1.82) is 0 Å².